The van der Waals surface area contributed by atoms with Gasteiger partial charge in [0, 0.05) is 13.7 Å². The molecular formula is C12H18O2. The summed E-state index contributed by atoms with van der Waals surface area (Å²) in [6.45, 7) is 1.93. The van der Waals surface area contributed by atoms with Gasteiger partial charge in [-0.15, -0.1) is 0 Å². The van der Waals surface area contributed by atoms with Crippen molar-refractivity contribution in [1.82, 2.24) is 0 Å². The highest BCUT2D eigenvalue weighted by Gasteiger charge is 2.20. The van der Waals surface area contributed by atoms with Crippen LogP contribution < -0.4 is 0 Å². The monoisotopic (exact) mass is 194 g/mol. The molecule has 0 saturated heterocycles. The van der Waals surface area contributed by atoms with Crippen molar-refractivity contribution in [3.8, 4) is 0 Å². The number of hydrogen-bond acceptors (Lipinski definition) is 2. The van der Waals surface area contributed by atoms with Crippen LogP contribution in [-0.2, 0) is 11.2 Å². The SMILES string of the molecule is CCO.COC1CCc2ccccc21. The van der Waals surface area contributed by atoms with E-state index >= 15 is 0 Å². The molecule has 1 aliphatic rings. The summed E-state index contributed by atoms with van der Waals surface area (Å²) >= 11 is 0. The molecule has 2 heteroatoms. The number of rotatable bonds is 1. The Bertz CT molecular complexity index is 271. The normalized spacial score (nSPS) is 18.4. The Morgan fingerprint density at radius 3 is 2.71 bits per heavy atom. The second-order valence-electron chi connectivity index (χ2n) is 3.28. The molecule has 1 aromatic rings. The van der Waals surface area contributed by atoms with Gasteiger partial charge < -0.3 is 9.84 Å². The molecule has 0 aliphatic heterocycles. The molecule has 0 amide bonds. The van der Waals surface area contributed by atoms with Crippen LogP contribution in [0.1, 0.15) is 30.6 Å². The smallest absolute Gasteiger partial charge is 0.0827 e. The third-order valence-corrected chi connectivity index (χ3v) is 2.36. The molecule has 2 rings (SSSR count). The molecular weight excluding hydrogens is 176 g/mol. The van der Waals surface area contributed by atoms with Crippen molar-refractivity contribution in [2.24, 2.45) is 0 Å². The van der Waals surface area contributed by atoms with E-state index in [1.165, 1.54) is 17.5 Å². The molecule has 0 heterocycles. The maximum atomic E-state index is 7.57. The fourth-order valence-corrected chi connectivity index (χ4v) is 1.76. The molecule has 2 nitrogen and oxygen atoms in total. The summed E-state index contributed by atoms with van der Waals surface area (Å²) in [4.78, 5) is 0. The zero-order valence-corrected chi connectivity index (χ0v) is 8.86. The van der Waals surface area contributed by atoms with E-state index in [4.69, 9.17) is 9.84 Å². The van der Waals surface area contributed by atoms with Gasteiger partial charge in [0.25, 0.3) is 0 Å². The van der Waals surface area contributed by atoms with Gasteiger partial charge in [0.15, 0.2) is 0 Å². The van der Waals surface area contributed by atoms with Crippen LogP contribution in [0.5, 0.6) is 0 Å². The van der Waals surface area contributed by atoms with Crippen molar-refractivity contribution in [2.75, 3.05) is 13.7 Å². The van der Waals surface area contributed by atoms with Crippen molar-refractivity contribution in [1.29, 1.82) is 0 Å². The van der Waals surface area contributed by atoms with Crippen molar-refractivity contribution in [3.63, 3.8) is 0 Å². The van der Waals surface area contributed by atoms with Gasteiger partial charge in [0.05, 0.1) is 6.10 Å². The molecule has 1 atom stereocenters. The Kier molecular flexibility index (Phi) is 4.63. The van der Waals surface area contributed by atoms with Gasteiger partial charge in [0.2, 0.25) is 0 Å². The minimum atomic E-state index is 0.250. The highest BCUT2D eigenvalue weighted by Crippen LogP contribution is 2.32. The number of aliphatic hydroxyl groups excluding tert-OH is 1. The summed E-state index contributed by atoms with van der Waals surface area (Å²) in [5.41, 5.74) is 2.84. The van der Waals surface area contributed by atoms with Crippen LogP contribution in [0.15, 0.2) is 24.3 Å². The van der Waals surface area contributed by atoms with Crippen LogP contribution in [0.3, 0.4) is 0 Å². The standard InChI is InChI=1S/C10H12O.C2H6O/c1-11-10-7-6-8-4-2-3-5-9(8)10;1-2-3/h2-5,10H,6-7H2,1H3;3H,2H2,1H3. The third kappa shape index (κ3) is 2.56. The lowest BCUT2D eigenvalue weighted by molar-refractivity contribution is 0.105. The van der Waals surface area contributed by atoms with Gasteiger partial charge in [-0.1, -0.05) is 24.3 Å². The quantitative estimate of drug-likeness (QED) is 0.743. The van der Waals surface area contributed by atoms with E-state index in [-0.39, 0.29) is 6.61 Å². The maximum Gasteiger partial charge on any atom is 0.0827 e. The molecule has 1 unspecified atom stereocenters. The molecule has 0 aromatic heterocycles. The average molecular weight is 194 g/mol. The zero-order chi connectivity index (χ0) is 10.4. The molecule has 78 valence electrons. The third-order valence-electron chi connectivity index (χ3n) is 2.36. The first-order valence-corrected chi connectivity index (χ1v) is 5.05. The van der Waals surface area contributed by atoms with E-state index in [1.54, 1.807) is 14.0 Å². The van der Waals surface area contributed by atoms with Crippen LogP contribution in [-0.4, -0.2) is 18.8 Å². The first-order chi connectivity index (χ1) is 6.83. The van der Waals surface area contributed by atoms with Gasteiger partial charge in [0.1, 0.15) is 0 Å². The predicted octanol–water partition coefficient (Wildman–Crippen LogP) is 2.32. The van der Waals surface area contributed by atoms with Crippen LogP contribution >= 0.6 is 0 Å². The largest absolute Gasteiger partial charge is 0.397 e. The molecule has 0 fully saturated rings. The van der Waals surface area contributed by atoms with E-state index in [2.05, 4.69) is 24.3 Å². The van der Waals surface area contributed by atoms with Gasteiger partial charge in [-0.3, -0.25) is 0 Å². The summed E-state index contributed by atoms with van der Waals surface area (Å²) in [5, 5.41) is 7.57. The lowest BCUT2D eigenvalue weighted by atomic mass is 10.1. The van der Waals surface area contributed by atoms with Gasteiger partial charge in [-0.25, -0.2) is 0 Å². The lowest BCUT2D eigenvalue weighted by Crippen LogP contribution is -1.94. The average Bonchev–Trinajstić information content (AvgIpc) is 2.62. The van der Waals surface area contributed by atoms with E-state index in [0.29, 0.717) is 6.10 Å². The van der Waals surface area contributed by atoms with Crippen LogP contribution in [0, 0.1) is 0 Å². The number of hydrogen-bond donors (Lipinski definition) is 1. The van der Waals surface area contributed by atoms with Crippen LogP contribution in [0.2, 0.25) is 0 Å². The van der Waals surface area contributed by atoms with E-state index in [0.717, 1.165) is 6.42 Å². The minimum absolute atomic E-state index is 0.250. The lowest BCUT2D eigenvalue weighted by Gasteiger charge is -2.07. The molecule has 0 saturated carbocycles. The fraction of sp³-hybridized carbons (Fsp3) is 0.500. The van der Waals surface area contributed by atoms with Gasteiger partial charge in [-0.2, -0.15) is 0 Å². The summed E-state index contributed by atoms with van der Waals surface area (Å²) in [7, 11) is 1.78. The Hall–Kier alpha value is -0.860. The number of ether oxygens (including phenoxy) is 1. The molecule has 1 N–H and O–H groups in total. The van der Waals surface area contributed by atoms with Crippen molar-refractivity contribution in [3.05, 3.63) is 35.4 Å². The minimum Gasteiger partial charge on any atom is -0.397 e. The molecule has 14 heavy (non-hydrogen) atoms. The highest BCUT2D eigenvalue weighted by molar-refractivity contribution is 5.33. The number of aliphatic hydroxyl groups is 1. The summed E-state index contributed by atoms with van der Waals surface area (Å²) in [6, 6.07) is 8.53. The topological polar surface area (TPSA) is 29.5 Å². The fourth-order valence-electron chi connectivity index (χ4n) is 1.76. The van der Waals surface area contributed by atoms with Crippen LogP contribution in [0.25, 0.3) is 0 Å². The zero-order valence-electron chi connectivity index (χ0n) is 8.86. The predicted molar refractivity (Wildman–Crippen MR) is 57.3 cm³/mol. The molecule has 1 aliphatic carbocycles. The highest BCUT2D eigenvalue weighted by atomic mass is 16.5. The maximum absolute atomic E-state index is 7.57. The Morgan fingerprint density at radius 2 is 2.07 bits per heavy atom. The summed E-state index contributed by atoms with van der Waals surface area (Å²) < 4.78 is 5.34. The van der Waals surface area contributed by atoms with Crippen molar-refractivity contribution >= 4 is 0 Å². The Labute approximate surface area is 85.5 Å². The van der Waals surface area contributed by atoms with Gasteiger partial charge in [-0.05, 0) is 30.9 Å². The molecule has 0 radical (unpaired) electrons. The van der Waals surface area contributed by atoms with E-state index in [1.807, 2.05) is 0 Å². The van der Waals surface area contributed by atoms with Gasteiger partial charge >= 0.3 is 0 Å². The number of methoxy groups -OCH3 is 1. The van der Waals surface area contributed by atoms with Crippen LogP contribution in [0.4, 0.5) is 0 Å². The van der Waals surface area contributed by atoms with Crippen molar-refractivity contribution < 1.29 is 9.84 Å². The first-order valence-electron chi connectivity index (χ1n) is 5.05. The summed E-state index contributed by atoms with van der Waals surface area (Å²) in [5.74, 6) is 0. The van der Waals surface area contributed by atoms with E-state index in [9.17, 15) is 0 Å². The number of aryl methyl sites for hydroxylation is 1. The molecule has 0 bridgehead atoms. The first kappa shape index (κ1) is 11.2. The summed E-state index contributed by atoms with van der Waals surface area (Å²) in [6.07, 6.45) is 2.68. The second kappa shape index (κ2) is 5.78. The number of fused-ring (bicyclic) bond motifs is 1. The van der Waals surface area contributed by atoms with E-state index < -0.39 is 0 Å². The van der Waals surface area contributed by atoms with Crippen molar-refractivity contribution in [2.45, 2.75) is 25.9 Å². The second-order valence-corrected chi connectivity index (χ2v) is 3.28. The molecule has 1 aromatic carbocycles. The Balaban J connectivity index is 0.000000293. The Morgan fingerprint density at radius 1 is 1.43 bits per heavy atom. The molecule has 0 spiro atoms. The number of benzene rings is 1.